The van der Waals surface area contributed by atoms with Crippen LogP contribution in [-0.2, 0) is 0 Å². The van der Waals surface area contributed by atoms with Gasteiger partial charge >= 0.3 is 0 Å². The van der Waals surface area contributed by atoms with E-state index >= 15 is 0 Å². The van der Waals surface area contributed by atoms with Crippen molar-refractivity contribution in [3.8, 4) is 0 Å². The first kappa shape index (κ1) is 10.5. The number of nitrogens with two attached hydrogens (primary N) is 1. The van der Waals surface area contributed by atoms with Crippen molar-refractivity contribution in [1.82, 2.24) is 10.7 Å². The van der Waals surface area contributed by atoms with Gasteiger partial charge in [-0.2, -0.15) is 0 Å². The molecular weight excluding hydrogens is 138 g/mol. The summed E-state index contributed by atoms with van der Waals surface area (Å²) in [5.74, 6) is 4.80. The van der Waals surface area contributed by atoms with Crippen molar-refractivity contribution in [1.29, 1.82) is 0 Å². The predicted molar refractivity (Wildman–Crippen MR) is 48.9 cm³/mol. The number of hydrogen-bond acceptors (Lipinski definition) is 3. The zero-order valence-electron chi connectivity index (χ0n) is 7.27. The number of allylic oxidation sites excluding steroid dienone is 1. The summed E-state index contributed by atoms with van der Waals surface area (Å²) in [6, 6.07) is 0. The third-order valence-corrected chi connectivity index (χ3v) is 1.47. The normalized spacial score (nSPS) is 17.3. The molecule has 0 aromatic carbocycles. The molecule has 0 saturated carbocycles. The van der Waals surface area contributed by atoms with E-state index in [1.165, 1.54) is 32.4 Å². The predicted octanol–water partition coefficient (Wildman–Crippen LogP) is 0.743. The molecule has 4 N–H and O–H groups in total. The summed E-state index contributed by atoms with van der Waals surface area (Å²) in [6.45, 7) is 4.39. The fourth-order valence-corrected chi connectivity index (χ4v) is 0.898. The summed E-state index contributed by atoms with van der Waals surface area (Å²) in [4.78, 5) is 0. The molecule has 0 atom stereocenters. The lowest BCUT2D eigenvalue weighted by Crippen LogP contribution is -2.21. The van der Waals surface area contributed by atoms with Crippen LogP contribution in [0.1, 0.15) is 26.2 Å². The number of hydrazine groups is 1. The van der Waals surface area contributed by atoms with Gasteiger partial charge in [0.25, 0.3) is 0 Å². The van der Waals surface area contributed by atoms with Gasteiger partial charge in [0, 0.05) is 6.20 Å². The average Bonchev–Trinajstić information content (AvgIpc) is 2.10. The van der Waals surface area contributed by atoms with E-state index in [0.717, 1.165) is 0 Å². The average molecular weight is 157 g/mol. The first-order valence-electron chi connectivity index (χ1n) is 4.20. The molecule has 66 valence electrons. The zero-order chi connectivity index (χ0) is 8.36. The van der Waals surface area contributed by atoms with Crippen LogP contribution in [0.3, 0.4) is 0 Å². The lowest BCUT2D eigenvalue weighted by molar-refractivity contribution is 0.520. The number of nitrogens with one attached hydrogen (secondary N) is 2. The minimum absolute atomic E-state index is 1.25. The third-order valence-electron chi connectivity index (χ3n) is 1.47. The van der Waals surface area contributed by atoms with Crippen molar-refractivity contribution in [2.24, 2.45) is 5.84 Å². The Hall–Kier alpha value is -0.540. The van der Waals surface area contributed by atoms with Gasteiger partial charge in [0.2, 0.25) is 0 Å². The van der Waals surface area contributed by atoms with Gasteiger partial charge in [-0.1, -0.05) is 12.5 Å². The first-order valence-corrected chi connectivity index (χ1v) is 4.20. The van der Waals surface area contributed by atoms with Crippen LogP contribution in [0.25, 0.3) is 0 Å². The van der Waals surface area contributed by atoms with E-state index in [-0.39, 0.29) is 0 Å². The molecule has 0 bridgehead atoms. The van der Waals surface area contributed by atoms with Crippen LogP contribution < -0.4 is 16.6 Å². The van der Waals surface area contributed by atoms with E-state index in [1.807, 2.05) is 13.0 Å². The van der Waals surface area contributed by atoms with Gasteiger partial charge in [-0.05, 0) is 32.9 Å². The number of rotatable bonds is 1. The molecule has 1 fully saturated rings. The van der Waals surface area contributed by atoms with E-state index in [0.29, 0.717) is 0 Å². The Morgan fingerprint density at radius 2 is 1.91 bits per heavy atom. The lowest BCUT2D eigenvalue weighted by Gasteiger charge is -2.08. The van der Waals surface area contributed by atoms with Crippen LogP contribution in [0, 0.1) is 0 Å². The van der Waals surface area contributed by atoms with Crippen LogP contribution in [0.2, 0.25) is 0 Å². The maximum Gasteiger partial charge on any atom is 0.00798 e. The molecule has 0 amide bonds. The Morgan fingerprint density at radius 1 is 1.27 bits per heavy atom. The van der Waals surface area contributed by atoms with Gasteiger partial charge in [-0.15, -0.1) is 0 Å². The molecule has 0 spiro atoms. The van der Waals surface area contributed by atoms with Crippen LogP contribution in [0.4, 0.5) is 0 Å². The SMILES string of the molecule is C1CCNCC1.CC=CNN. The summed E-state index contributed by atoms with van der Waals surface area (Å²) in [6.07, 6.45) is 7.69. The molecule has 3 nitrogen and oxygen atoms in total. The minimum atomic E-state index is 1.25. The molecule has 0 aromatic rings. The molecule has 1 aliphatic heterocycles. The second kappa shape index (κ2) is 9.46. The van der Waals surface area contributed by atoms with Gasteiger partial charge in [0.15, 0.2) is 0 Å². The van der Waals surface area contributed by atoms with E-state index in [4.69, 9.17) is 5.84 Å². The van der Waals surface area contributed by atoms with Crippen LogP contribution in [0.15, 0.2) is 12.3 Å². The molecule has 0 aromatic heterocycles. The highest BCUT2D eigenvalue weighted by atomic mass is 15.2. The highest BCUT2D eigenvalue weighted by Crippen LogP contribution is 1.96. The van der Waals surface area contributed by atoms with Gasteiger partial charge in [-0.25, -0.2) is 0 Å². The number of piperidine rings is 1. The van der Waals surface area contributed by atoms with Gasteiger partial charge < -0.3 is 10.7 Å². The monoisotopic (exact) mass is 157 g/mol. The molecular formula is C8H19N3. The zero-order valence-corrected chi connectivity index (χ0v) is 7.27. The van der Waals surface area contributed by atoms with Gasteiger partial charge in [0.1, 0.15) is 0 Å². The Bertz CT molecular complexity index is 75.8. The van der Waals surface area contributed by atoms with E-state index in [9.17, 15) is 0 Å². The Labute approximate surface area is 69.0 Å². The molecule has 1 saturated heterocycles. The molecule has 0 radical (unpaired) electrons. The molecule has 11 heavy (non-hydrogen) atoms. The van der Waals surface area contributed by atoms with Crippen molar-refractivity contribution in [2.75, 3.05) is 13.1 Å². The van der Waals surface area contributed by atoms with Crippen LogP contribution >= 0.6 is 0 Å². The summed E-state index contributed by atoms with van der Waals surface area (Å²) >= 11 is 0. The standard InChI is InChI=1S/C5H11N.C3H8N2/c1-2-4-6-5-3-1;1-2-3-5-4/h6H,1-5H2;2-3,5H,4H2,1H3. The van der Waals surface area contributed by atoms with E-state index < -0.39 is 0 Å². The van der Waals surface area contributed by atoms with Crippen LogP contribution in [-0.4, -0.2) is 13.1 Å². The first-order chi connectivity index (χ1) is 5.41. The Kier molecular flexibility index (Phi) is 9.00. The maximum absolute atomic E-state index is 4.80. The van der Waals surface area contributed by atoms with Crippen molar-refractivity contribution in [3.05, 3.63) is 12.3 Å². The molecule has 1 heterocycles. The fourth-order valence-electron chi connectivity index (χ4n) is 0.898. The van der Waals surface area contributed by atoms with Crippen molar-refractivity contribution in [3.63, 3.8) is 0 Å². The fraction of sp³-hybridized carbons (Fsp3) is 0.750. The lowest BCUT2D eigenvalue weighted by atomic mass is 10.2. The van der Waals surface area contributed by atoms with Gasteiger partial charge in [0.05, 0.1) is 0 Å². The molecule has 0 aliphatic carbocycles. The summed E-state index contributed by atoms with van der Waals surface area (Å²) in [5, 5.41) is 3.28. The largest absolute Gasteiger partial charge is 0.332 e. The topological polar surface area (TPSA) is 50.1 Å². The summed E-state index contributed by atoms with van der Waals surface area (Å²) in [5.41, 5.74) is 2.34. The molecule has 1 rings (SSSR count). The molecule has 1 aliphatic rings. The van der Waals surface area contributed by atoms with Crippen molar-refractivity contribution < 1.29 is 0 Å². The minimum Gasteiger partial charge on any atom is -0.332 e. The smallest absolute Gasteiger partial charge is 0.00798 e. The highest BCUT2D eigenvalue weighted by Gasteiger charge is 1.93. The van der Waals surface area contributed by atoms with E-state index in [1.54, 1.807) is 6.20 Å². The van der Waals surface area contributed by atoms with E-state index in [2.05, 4.69) is 10.7 Å². The van der Waals surface area contributed by atoms with Gasteiger partial charge in [-0.3, -0.25) is 5.84 Å². The molecule has 3 heteroatoms. The second-order valence-electron chi connectivity index (χ2n) is 2.48. The summed E-state index contributed by atoms with van der Waals surface area (Å²) in [7, 11) is 0. The highest BCUT2D eigenvalue weighted by molar-refractivity contribution is 4.69. The van der Waals surface area contributed by atoms with Crippen molar-refractivity contribution >= 4 is 0 Å². The number of hydrogen-bond donors (Lipinski definition) is 3. The Morgan fingerprint density at radius 3 is 2.00 bits per heavy atom. The quantitative estimate of drug-likeness (QED) is 0.389. The maximum atomic E-state index is 4.80. The van der Waals surface area contributed by atoms with Crippen LogP contribution in [0.5, 0.6) is 0 Å². The second-order valence-corrected chi connectivity index (χ2v) is 2.48. The third kappa shape index (κ3) is 9.46. The van der Waals surface area contributed by atoms with Crippen molar-refractivity contribution in [2.45, 2.75) is 26.2 Å². The molecule has 0 unspecified atom stereocenters. The Balaban J connectivity index is 0.000000187. The summed E-state index contributed by atoms with van der Waals surface area (Å²) < 4.78 is 0.